The summed E-state index contributed by atoms with van der Waals surface area (Å²) < 4.78 is 24.5. The summed E-state index contributed by atoms with van der Waals surface area (Å²) in [5.41, 5.74) is 1.99. The maximum absolute atomic E-state index is 12.0. The molecule has 0 radical (unpaired) electrons. The number of aliphatic hydroxyl groups is 1. The number of carbonyl (C=O) groups is 1. The first-order chi connectivity index (χ1) is 15.6. The summed E-state index contributed by atoms with van der Waals surface area (Å²) in [6, 6.07) is 19.0. The summed E-state index contributed by atoms with van der Waals surface area (Å²) >= 11 is 0. The normalized spacial score (nSPS) is 25.4. The van der Waals surface area contributed by atoms with E-state index in [4.69, 9.17) is 18.9 Å². The monoisotopic (exact) mass is 443 g/mol. The third kappa shape index (κ3) is 6.85. The number of hydrogen-bond donors (Lipinski definition) is 2. The van der Waals surface area contributed by atoms with Crippen LogP contribution in [0.25, 0.3) is 0 Å². The van der Waals surface area contributed by atoms with E-state index in [1.165, 1.54) is 6.92 Å². The molecule has 2 aromatic carbocycles. The molecule has 1 fully saturated rings. The molecule has 0 aromatic heterocycles. The van der Waals surface area contributed by atoms with Crippen LogP contribution in [0.5, 0.6) is 0 Å². The number of ether oxygens (including phenoxy) is 4. The zero-order chi connectivity index (χ0) is 22.8. The Morgan fingerprint density at radius 1 is 0.938 bits per heavy atom. The maximum atomic E-state index is 12.0. The van der Waals surface area contributed by atoms with Crippen molar-refractivity contribution in [3.05, 3.63) is 71.8 Å². The highest BCUT2D eigenvalue weighted by Gasteiger charge is 2.48. The van der Waals surface area contributed by atoms with Gasteiger partial charge in [0.1, 0.15) is 24.4 Å². The van der Waals surface area contributed by atoms with Crippen LogP contribution in [-0.4, -0.2) is 54.9 Å². The molecule has 2 unspecified atom stereocenters. The Balaban J connectivity index is 1.84. The molecule has 0 aliphatic carbocycles. The third-order valence-corrected chi connectivity index (χ3v) is 5.25. The Morgan fingerprint density at radius 2 is 1.50 bits per heavy atom. The molecule has 2 N–H and O–H groups in total. The van der Waals surface area contributed by atoms with Gasteiger partial charge in [0.15, 0.2) is 6.29 Å². The average molecular weight is 444 g/mol. The number of nitrogens with one attached hydrogen (secondary N) is 1. The predicted octanol–water partition coefficient (Wildman–Crippen LogP) is 2.81. The molecule has 174 valence electrons. The van der Waals surface area contributed by atoms with E-state index in [9.17, 15) is 9.90 Å². The van der Waals surface area contributed by atoms with Crippen molar-refractivity contribution in [3.8, 4) is 0 Å². The molecule has 0 saturated carbocycles. The predicted molar refractivity (Wildman–Crippen MR) is 120 cm³/mol. The summed E-state index contributed by atoms with van der Waals surface area (Å²) in [6.07, 6.45) is -1.82. The van der Waals surface area contributed by atoms with Crippen molar-refractivity contribution in [2.45, 2.75) is 64.1 Å². The van der Waals surface area contributed by atoms with E-state index in [1.807, 2.05) is 67.6 Å². The lowest BCUT2D eigenvalue weighted by Gasteiger charge is -2.45. The van der Waals surface area contributed by atoms with Gasteiger partial charge in [0.2, 0.25) is 5.91 Å². The quantitative estimate of drug-likeness (QED) is 0.556. The van der Waals surface area contributed by atoms with Crippen LogP contribution in [0.3, 0.4) is 0 Å². The van der Waals surface area contributed by atoms with Crippen molar-refractivity contribution < 1.29 is 28.8 Å². The summed E-state index contributed by atoms with van der Waals surface area (Å²) in [7, 11) is 0. The lowest BCUT2D eigenvalue weighted by Crippen LogP contribution is -2.65. The van der Waals surface area contributed by atoms with Gasteiger partial charge in [0.05, 0.1) is 19.8 Å². The Kier molecular flexibility index (Phi) is 9.64. The molecule has 7 nitrogen and oxygen atoms in total. The number of benzene rings is 2. The maximum Gasteiger partial charge on any atom is 0.217 e. The molecule has 1 heterocycles. The van der Waals surface area contributed by atoms with Crippen LogP contribution in [0, 0.1) is 0 Å². The van der Waals surface area contributed by atoms with Gasteiger partial charge in [-0.3, -0.25) is 4.79 Å². The Hall–Kier alpha value is -2.29. The van der Waals surface area contributed by atoms with E-state index >= 15 is 0 Å². The van der Waals surface area contributed by atoms with Gasteiger partial charge in [-0.2, -0.15) is 0 Å². The van der Waals surface area contributed by atoms with Crippen LogP contribution in [0.2, 0.25) is 0 Å². The van der Waals surface area contributed by atoms with Gasteiger partial charge in [0, 0.05) is 13.5 Å². The molecular weight excluding hydrogens is 410 g/mol. The van der Waals surface area contributed by atoms with Gasteiger partial charge in [0.25, 0.3) is 0 Å². The average Bonchev–Trinajstić information content (AvgIpc) is 2.82. The van der Waals surface area contributed by atoms with Crippen LogP contribution in [-0.2, 0) is 37.0 Å². The molecule has 1 aliphatic heterocycles. The van der Waals surface area contributed by atoms with Gasteiger partial charge in [-0.25, -0.2) is 0 Å². The number of aliphatic hydroxyl groups excluding tert-OH is 1. The minimum absolute atomic E-state index is 0.221. The Morgan fingerprint density at radius 3 is 2.00 bits per heavy atom. The number of carbonyl (C=O) groups excluding carboxylic acids is 1. The summed E-state index contributed by atoms with van der Waals surface area (Å²) in [4.78, 5) is 12.0. The van der Waals surface area contributed by atoms with Crippen molar-refractivity contribution in [1.29, 1.82) is 0 Å². The second-order valence-electron chi connectivity index (χ2n) is 7.85. The highest BCUT2D eigenvalue weighted by molar-refractivity contribution is 5.73. The molecule has 32 heavy (non-hydrogen) atoms. The molecule has 1 aliphatic rings. The van der Waals surface area contributed by atoms with Crippen molar-refractivity contribution in [3.63, 3.8) is 0 Å². The molecule has 0 bridgehead atoms. The van der Waals surface area contributed by atoms with E-state index in [2.05, 4.69) is 5.32 Å². The number of amides is 1. The molecule has 7 heteroatoms. The molecule has 0 spiro atoms. The molecule has 5 atom stereocenters. The van der Waals surface area contributed by atoms with Gasteiger partial charge >= 0.3 is 0 Å². The lowest BCUT2D eigenvalue weighted by molar-refractivity contribution is -0.288. The number of rotatable bonds is 11. The standard InChI is InChI=1S/C25H33NO6/c1-3-14-29-25-22(26-18(2)28)24(31-17-20-12-8-5-9-13-20)23(21(15-27)32-25)30-16-19-10-6-4-7-11-19/h4-13,21-25,27H,3,14-17H2,1-2H3,(H,26,28)/t21?,22?,23-,24+,25+/m0/s1. The largest absolute Gasteiger partial charge is 0.394 e. The Bertz CT molecular complexity index is 803. The summed E-state index contributed by atoms with van der Waals surface area (Å²) in [6.45, 7) is 4.29. The fraction of sp³-hybridized carbons (Fsp3) is 0.480. The lowest BCUT2D eigenvalue weighted by atomic mass is 9.96. The zero-order valence-electron chi connectivity index (χ0n) is 18.7. The zero-order valence-corrected chi connectivity index (χ0v) is 18.7. The van der Waals surface area contributed by atoms with E-state index in [0.717, 1.165) is 17.5 Å². The van der Waals surface area contributed by atoms with Crippen LogP contribution >= 0.6 is 0 Å². The van der Waals surface area contributed by atoms with Crippen molar-refractivity contribution in [2.75, 3.05) is 13.2 Å². The SMILES string of the molecule is CCCO[C@@H]1OC(CO)[C@H](OCc2ccccc2)[C@H](OCc2ccccc2)C1NC(C)=O. The molecule has 3 rings (SSSR count). The topological polar surface area (TPSA) is 86.2 Å². The van der Waals surface area contributed by atoms with Gasteiger partial charge in [-0.05, 0) is 17.5 Å². The second kappa shape index (κ2) is 12.7. The number of hydrogen-bond acceptors (Lipinski definition) is 6. The van der Waals surface area contributed by atoms with Gasteiger partial charge in [-0.1, -0.05) is 67.6 Å². The van der Waals surface area contributed by atoms with E-state index in [0.29, 0.717) is 19.8 Å². The van der Waals surface area contributed by atoms with Gasteiger partial charge in [-0.15, -0.1) is 0 Å². The molecular formula is C25H33NO6. The minimum Gasteiger partial charge on any atom is -0.394 e. The van der Waals surface area contributed by atoms with E-state index in [-0.39, 0.29) is 12.5 Å². The van der Waals surface area contributed by atoms with Crippen molar-refractivity contribution in [2.24, 2.45) is 0 Å². The smallest absolute Gasteiger partial charge is 0.217 e. The molecule has 1 saturated heterocycles. The highest BCUT2D eigenvalue weighted by atomic mass is 16.7. The fourth-order valence-electron chi connectivity index (χ4n) is 3.75. The van der Waals surface area contributed by atoms with Crippen molar-refractivity contribution in [1.82, 2.24) is 5.32 Å². The molecule has 2 aromatic rings. The highest BCUT2D eigenvalue weighted by Crippen LogP contribution is 2.28. The van der Waals surface area contributed by atoms with Gasteiger partial charge < -0.3 is 29.4 Å². The van der Waals surface area contributed by atoms with Crippen LogP contribution in [0.1, 0.15) is 31.4 Å². The first-order valence-corrected chi connectivity index (χ1v) is 11.1. The first-order valence-electron chi connectivity index (χ1n) is 11.1. The van der Waals surface area contributed by atoms with Crippen LogP contribution in [0.15, 0.2) is 60.7 Å². The second-order valence-corrected chi connectivity index (χ2v) is 7.85. The van der Waals surface area contributed by atoms with Crippen LogP contribution < -0.4 is 5.32 Å². The minimum atomic E-state index is -0.756. The first kappa shape index (κ1) is 24.4. The third-order valence-electron chi connectivity index (χ3n) is 5.25. The van der Waals surface area contributed by atoms with Crippen molar-refractivity contribution >= 4 is 5.91 Å². The molecule has 1 amide bonds. The summed E-state index contributed by atoms with van der Waals surface area (Å²) in [5.74, 6) is -0.221. The van der Waals surface area contributed by atoms with E-state index in [1.54, 1.807) is 0 Å². The fourth-order valence-corrected chi connectivity index (χ4v) is 3.75. The van der Waals surface area contributed by atoms with E-state index < -0.39 is 30.6 Å². The van der Waals surface area contributed by atoms with Crippen LogP contribution in [0.4, 0.5) is 0 Å². The summed E-state index contributed by atoms with van der Waals surface area (Å²) in [5, 5.41) is 13.0. The Labute approximate surface area is 189 Å².